The fraction of sp³-hybridized carbons (Fsp3) is 0.350. The SMILES string of the molecule is O=C(COc1ccccc1)NCC(c1ccc(F)cc1)N1CCCC1. The summed E-state index contributed by atoms with van der Waals surface area (Å²) in [4.78, 5) is 14.4. The monoisotopic (exact) mass is 342 g/mol. The van der Waals surface area contributed by atoms with Crippen molar-refractivity contribution in [1.29, 1.82) is 0 Å². The topological polar surface area (TPSA) is 41.6 Å². The van der Waals surface area contributed by atoms with Gasteiger partial charge in [0.1, 0.15) is 11.6 Å². The maximum atomic E-state index is 13.2. The number of nitrogens with one attached hydrogen (secondary N) is 1. The Hall–Kier alpha value is -2.40. The van der Waals surface area contributed by atoms with E-state index in [0.717, 1.165) is 31.5 Å². The van der Waals surface area contributed by atoms with E-state index >= 15 is 0 Å². The number of hydrogen-bond donors (Lipinski definition) is 1. The third kappa shape index (κ3) is 5.03. The van der Waals surface area contributed by atoms with Gasteiger partial charge in [-0.2, -0.15) is 0 Å². The first kappa shape index (κ1) is 17.4. The summed E-state index contributed by atoms with van der Waals surface area (Å²) in [6.45, 7) is 2.47. The van der Waals surface area contributed by atoms with Gasteiger partial charge in [-0.1, -0.05) is 30.3 Å². The molecule has 0 aromatic heterocycles. The van der Waals surface area contributed by atoms with Crippen LogP contribution in [0, 0.1) is 5.82 Å². The fourth-order valence-electron chi connectivity index (χ4n) is 3.12. The zero-order valence-electron chi connectivity index (χ0n) is 14.2. The van der Waals surface area contributed by atoms with Crippen LogP contribution in [0.15, 0.2) is 54.6 Å². The van der Waals surface area contributed by atoms with Crippen LogP contribution in [0.1, 0.15) is 24.4 Å². The molecule has 3 rings (SSSR count). The number of hydrogen-bond acceptors (Lipinski definition) is 3. The van der Waals surface area contributed by atoms with E-state index in [9.17, 15) is 9.18 Å². The van der Waals surface area contributed by atoms with E-state index in [2.05, 4.69) is 10.2 Å². The summed E-state index contributed by atoms with van der Waals surface area (Å²) in [5.41, 5.74) is 1.02. The van der Waals surface area contributed by atoms with E-state index in [-0.39, 0.29) is 24.4 Å². The zero-order valence-corrected chi connectivity index (χ0v) is 14.2. The van der Waals surface area contributed by atoms with Crippen molar-refractivity contribution in [3.05, 3.63) is 66.0 Å². The van der Waals surface area contributed by atoms with Gasteiger partial charge >= 0.3 is 0 Å². The highest BCUT2D eigenvalue weighted by molar-refractivity contribution is 5.77. The number of halogens is 1. The minimum atomic E-state index is -0.246. The molecule has 132 valence electrons. The van der Waals surface area contributed by atoms with Crippen molar-refractivity contribution in [1.82, 2.24) is 10.2 Å². The van der Waals surface area contributed by atoms with Gasteiger partial charge in [0.25, 0.3) is 5.91 Å². The predicted molar refractivity (Wildman–Crippen MR) is 94.9 cm³/mol. The molecular weight excluding hydrogens is 319 g/mol. The second-order valence-corrected chi connectivity index (χ2v) is 6.22. The largest absolute Gasteiger partial charge is 0.484 e. The number of carbonyl (C=O) groups excluding carboxylic acids is 1. The molecule has 1 N–H and O–H groups in total. The summed E-state index contributed by atoms with van der Waals surface area (Å²) < 4.78 is 18.7. The molecule has 0 bridgehead atoms. The number of para-hydroxylation sites is 1. The minimum absolute atomic E-state index is 0.0137. The molecule has 5 heteroatoms. The van der Waals surface area contributed by atoms with E-state index in [1.807, 2.05) is 30.3 Å². The second kappa shape index (κ2) is 8.62. The molecule has 1 amide bonds. The number of carbonyl (C=O) groups is 1. The van der Waals surface area contributed by atoms with Crippen molar-refractivity contribution in [3.8, 4) is 5.75 Å². The van der Waals surface area contributed by atoms with Crippen LogP contribution in [0.3, 0.4) is 0 Å². The number of benzene rings is 2. The molecule has 1 aliphatic rings. The van der Waals surface area contributed by atoms with Crippen LogP contribution < -0.4 is 10.1 Å². The highest BCUT2D eigenvalue weighted by Gasteiger charge is 2.24. The maximum Gasteiger partial charge on any atom is 0.258 e. The lowest BCUT2D eigenvalue weighted by Crippen LogP contribution is -2.38. The third-order valence-electron chi connectivity index (χ3n) is 4.44. The first-order chi connectivity index (χ1) is 12.2. The first-order valence-corrected chi connectivity index (χ1v) is 8.66. The van der Waals surface area contributed by atoms with Crippen molar-refractivity contribution in [2.75, 3.05) is 26.2 Å². The molecule has 2 aromatic carbocycles. The number of ether oxygens (including phenoxy) is 1. The summed E-state index contributed by atoms with van der Waals surface area (Å²) in [5, 5.41) is 2.94. The third-order valence-corrected chi connectivity index (χ3v) is 4.44. The van der Waals surface area contributed by atoms with Crippen LogP contribution in [0.4, 0.5) is 4.39 Å². The Kier molecular flexibility index (Phi) is 6.01. The number of amides is 1. The molecule has 0 saturated carbocycles. The molecular formula is C20H23FN2O2. The van der Waals surface area contributed by atoms with Crippen LogP contribution in [-0.4, -0.2) is 37.0 Å². The van der Waals surface area contributed by atoms with Gasteiger partial charge in [-0.05, 0) is 55.8 Å². The van der Waals surface area contributed by atoms with Gasteiger partial charge in [0, 0.05) is 6.54 Å². The standard InChI is InChI=1S/C20H23FN2O2/c21-17-10-8-16(9-11-17)19(23-12-4-5-13-23)14-22-20(24)15-25-18-6-2-1-3-7-18/h1-3,6-11,19H,4-5,12-15H2,(H,22,24). The highest BCUT2D eigenvalue weighted by atomic mass is 19.1. The van der Waals surface area contributed by atoms with Crippen molar-refractivity contribution >= 4 is 5.91 Å². The van der Waals surface area contributed by atoms with E-state index in [0.29, 0.717) is 12.3 Å². The van der Waals surface area contributed by atoms with E-state index < -0.39 is 0 Å². The maximum absolute atomic E-state index is 13.2. The Labute approximate surface area is 147 Å². The molecule has 1 aliphatic heterocycles. The summed E-state index contributed by atoms with van der Waals surface area (Å²) in [6.07, 6.45) is 2.31. The fourth-order valence-corrected chi connectivity index (χ4v) is 3.12. The lowest BCUT2D eigenvalue weighted by Gasteiger charge is -2.28. The van der Waals surface area contributed by atoms with Crippen LogP contribution in [0.25, 0.3) is 0 Å². The molecule has 0 radical (unpaired) electrons. The van der Waals surface area contributed by atoms with Crippen LogP contribution in [0.2, 0.25) is 0 Å². The van der Waals surface area contributed by atoms with Gasteiger partial charge in [-0.25, -0.2) is 4.39 Å². The van der Waals surface area contributed by atoms with Crippen molar-refractivity contribution in [2.45, 2.75) is 18.9 Å². The Morgan fingerprint density at radius 3 is 2.44 bits per heavy atom. The number of nitrogens with zero attached hydrogens (tertiary/aromatic N) is 1. The normalized spacial score (nSPS) is 15.7. The molecule has 2 aromatic rings. The zero-order chi connectivity index (χ0) is 17.5. The second-order valence-electron chi connectivity index (χ2n) is 6.22. The van der Waals surface area contributed by atoms with Crippen molar-refractivity contribution in [3.63, 3.8) is 0 Å². The van der Waals surface area contributed by atoms with Crippen molar-refractivity contribution in [2.24, 2.45) is 0 Å². The van der Waals surface area contributed by atoms with Crippen LogP contribution in [0.5, 0.6) is 5.75 Å². The molecule has 4 nitrogen and oxygen atoms in total. The summed E-state index contributed by atoms with van der Waals surface area (Å²) in [5.74, 6) is 0.270. The van der Waals surface area contributed by atoms with E-state index in [1.165, 1.54) is 12.1 Å². The van der Waals surface area contributed by atoms with Crippen LogP contribution >= 0.6 is 0 Å². The molecule has 25 heavy (non-hydrogen) atoms. The molecule has 1 fully saturated rings. The van der Waals surface area contributed by atoms with Gasteiger partial charge in [0.15, 0.2) is 6.61 Å². The van der Waals surface area contributed by atoms with Gasteiger partial charge < -0.3 is 10.1 Å². The Balaban J connectivity index is 1.56. The summed E-state index contributed by atoms with van der Waals surface area (Å²) >= 11 is 0. The molecule has 0 aliphatic carbocycles. The summed E-state index contributed by atoms with van der Waals surface area (Å²) in [7, 11) is 0. The lowest BCUT2D eigenvalue weighted by molar-refractivity contribution is -0.123. The Morgan fingerprint density at radius 2 is 1.76 bits per heavy atom. The quantitative estimate of drug-likeness (QED) is 0.840. The number of rotatable bonds is 7. The average Bonchev–Trinajstić information content (AvgIpc) is 3.17. The average molecular weight is 342 g/mol. The predicted octanol–water partition coefficient (Wildman–Crippen LogP) is 3.16. The van der Waals surface area contributed by atoms with Gasteiger partial charge in [-0.3, -0.25) is 9.69 Å². The first-order valence-electron chi connectivity index (χ1n) is 8.66. The molecule has 1 atom stereocenters. The molecule has 1 unspecified atom stereocenters. The van der Waals surface area contributed by atoms with E-state index in [1.54, 1.807) is 12.1 Å². The smallest absolute Gasteiger partial charge is 0.258 e. The molecule has 1 heterocycles. The Morgan fingerprint density at radius 1 is 1.08 bits per heavy atom. The van der Waals surface area contributed by atoms with Crippen LogP contribution in [-0.2, 0) is 4.79 Å². The minimum Gasteiger partial charge on any atom is -0.484 e. The lowest BCUT2D eigenvalue weighted by atomic mass is 10.1. The van der Waals surface area contributed by atoms with Gasteiger partial charge in [0.2, 0.25) is 0 Å². The van der Waals surface area contributed by atoms with E-state index in [4.69, 9.17) is 4.74 Å². The highest BCUT2D eigenvalue weighted by Crippen LogP contribution is 2.24. The molecule has 1 saturated heterocycles. The molecule has 0 spiro atoms. The Bertz CT molecular complexity index is 670. The number of likely N-dealkylation sites (tertiary alicyclic amines) is 1. The van der Waals surface area contributed by atoms with Gasteiger partial charge in [-0.15, -0.1) is 0 Å². The van der Waals surface area contributed by atoms with Crippen molar-refractivity contribution < 1.29 is 13.9 Å². The summed E-state index contributed by atoms with van der Waals surface area (Å²) in [6, 6.07) is 15.9. The van der Waals surface area contributed by atoms with Gasteiger partial charge in [0.05, 0.1) is 6.04 Å².